The fraction of sp³-hybridized carbons (Fsp3) is 0.250. The summed E-state index contributed by atoms with van der Waals surface area (Å²) in [6.07, 6.45) is 1.62. The van der Waals surface area contributed by atoms with Gasteiger partial charge in [0.05, 0.1) is 10.0 Å². The Morgan fingerprint density at radius 1 is 1.47 bits per heavy atom. The van der Waals surface area contributed by atoms with E-state index in [1.165, 1.54) is 0 Å². The molecule has 2 rings (SSSR count). The van der Waals surface area contributed by atoms with E-state index in [4.69, 9.17) is 10.3 Å². The van der Waals surface area contributed by atoms with Gasteiger partial charge in [-0.3, -0.25) is 0 Å². The largest absolute Gasteiger partial charge is 0.381 e. The highest BCUT2D eigenvalue weighted by molar-refractivity contribution is 9.10. The average Bonchev–Trinajstić information content (AvgIpc) is 2.66. The van der Waals surface area contributed by atoms with Crippen LogP contribution >= 0.6 is 15.9 Å². The Balaban J connectivity index is 2.56. The van der Waals surface area contributed by atoms with E-state index in [0.29, 0.717) is 21.6 Å². The summed E-state index contributed by atoms with van der Waals surface area (Å²) in [5.74, 6) is 0.394. The highest BCUT2D eigenvalue weighted by Gasteiger charge is 2.19. The summed E-state index contributed by atoms with van der Waals surface area (Å²) in [5, 5.41) is 3.70. The molecule has 0 fully saturated rings. The molecule has 0 bridgehead atoms. The smallest absolute Gasteiger partial charge is 0.175 e. The predicted octanol–water partition coefficient (Wildman–Crippen LogP) is 3.78. The topological polar surface area (TPSA) is 52.0 Å². The van der Waals surface area contributed by atoms with Crippen LogP contribution in [0.25, 0.3) is 11.3 Å². The molecule has 1 aromatic heterocycles. The Morgan fingerprint density at radius 3 is 2.94 bits per heavy atom. The predicted molar refractivity (Wildman–Crippen MR) is 68.0 cm³/mol. The van der Waals surface area contributed by atoms with Crippen LogP contribution in [0.3, 0.4) is 0 Å². The van der Waals surface area contributed by atoms with Gasteiger partial charge in [-0.15, -0.1) is 0 Å². The lowest BCUT2D eigenvalue weighted by Gasteiger charge is -2.03. The molecule has 0 radical (unpaired) electrons. The molecule has 2 aromatic rings. The molecule has 90 valence electrons. The number of hydrogen-bond donors (Lipinski definition) is 1. The Labute approximate surface area is 107 Å². The summed E-state index contributed by atoms with van der Waals surface area (Å²) < 4.78 is 19.5. The first kappa shape index (κ1) is 12.1. The minimum atomic E-state index is -0.360. The lowest BCUT2D eigenvalue weighted by Crippen LogP contribution is -1.94. The molecule has 0 saturated carbocycles. The Kier molecular flexibility index (Phi) is 3.47. The van der Waals surface area contributed by atoms with Crippen LogP contribution in [-0.2, 0) is 6.42 Å². The molecular formula is C12H12BrFN2O. The van der Waals surface area contributed by atoms with Gasteiger partial charge in [-0.1, -0.05) is 24.6 Å². The lowest BCUT2D eigenvalue weighted by atomic mass is 10.0. The molecule has 0 aliphatic rings. The van der Waals surface area contributed by atoms with Crippen molar-refractivity contribution in [1.82, 2.24) is 5.16 Å². The number of benzene rings is 1. The molecule has 1 heterocycles. The molecule has 5 heteroatoms. The van der Waals surface area contributed by atoms with Gasteiger partial charge >= 0.3 is 0 Å². The van der Waals surface area contributed by atoms with Crippen LogP contribution < -0.4 is 5.73 Å². The van der Waals surface area contributed by atoms with Crippen molar-refractivity contribution in [3.63, 3.8) is 0 Å². The second kappa shape index (κ2) is 4.87. The molecule has 2 N–H and O–H groups in total. The van der Waals surface area contributed by atoms with Crippen LogP contribution in [0.5, 0.6) is 0 Å². The summed E-state index contributed by atoms with van der Waals surface area (Å²) in [4.78, 5) is 0. The van der Waals surface area contributed by atoms with Gasteiger partial charge in [0.25, 0.3) is 0 Å². The molecule has 17 heavy (non-hydrogen) atoms. The van der Waals surface area contributed by atoms with Crippen molar-refractivity contribution in [2.75, 3.05) is 5.73 Å². The first-order chi connectivity index (χ1) is 8.15. The molecule has 0 saturated heterocycles. The number of anilines is 1. The molecule has 0 spiro atoms. The zero-order valence-corrected chi connectivity index (χ0v) is 10.9. The zero-order chi connectivity index (χ0) is 12.4. The highest BCUT2D eigenvalue weighted by atomic mass is 79.9. The Hall–Kier alpha value is -1.36. The second-order valence-electron chi connectivity index (χ2n) is 3.73. The number of hydrogen-bond acceptors (Lipinski definition) is 3. The summed E-state index contributed by atoms with van der Waals surface area (Å²) in [5.41, 5.74) is 6.86. The zero-order valence-electron chi connectivity index (χ0n) is 9.34. The van der Waals surface area contributed by atoms with Crippen LogP contribution in [-0.4, -0.2) is 5.16 Å². The maximum absolute atomic E-state index is 13.9. The Bertz CT molecular complexity index is 539. The van der Waals surface area contributed by atoms with Crippen LogP contribution in [0.1, 0.15) is 18.9 Å². The third-order valence-corrected chi connectivity index (χ3v) is 3.13. The second-order valence-corrected chi connectivity index (χ2v) is 4.58. The molecule has 0 aliphatic carbocycles. The lowest BCUT2D eigenvalue weighted by molar-refractivity contribution is 0.432. The molecule has 0 amide bonds. The average molecular weight is 299 g/mol. The van der Waals surface area contributed by atoms with Crippen molar-refractivity contribution in [1.29, 1.82) is 0 Å². The summed E-state index contributed by atoms with van der Waals surface area (Å²) >= 11 is 3.15. The van der Waals surface area contributed by atoms with Gasteiger partial charge in [-0.05, 0) is 34.5 Å². The van der Waals surface area contributed by atoms with E-state index in [2.05, 4.69) is 21.1 Å². The fourth-order valence-electron chi connectivity index (χ4n) is 1.70. The summed E-state index contributed by atoms with van der Waals surface area (Å²) in [6.45, 7) is 2.02. The monoisotopic (exact) mass is 298 g/mol. The van der Waals surface area contributed by atoms with E-state index in [0.717, 1.165) is 18.4 Å². The minimum Gasteiger partial charge on any atom is -0.381 e. The van der Waals surface area contributed by atoms with Crippen LogP contribution in [0.4, 0.5) is 10.2 Å². The van der Waals surface area contributed by atoms with Gasteiger partial charge in [0.15, 0.2) is 11.6 Å². The van der Waals surface area contributed by atoms with Gasteiger partial charge in [-0.2, -0.15) is 0 Å². The molecule has 0 unspecified atom stereocenters. The van der Waals surface area contributed by atoms with Crippen molar-refractivity contribution < 1.29 is 8.91 Å². The first-order valence-corrected chi connectivity index (χ1v) is 6.12. The van der Waals surface area contributed by atoms with Crippen LogP contribution in [0, 0.1) is 5.82 Å². The van der Waals surface area contributed by atoms with Gasteiger partial charge in [0.2, 0.25) is 0 Å². The van der Waals surface area contributed by atoms with Crippen molar-refractivity contribution in [3.8, 4) is 11.3 Å². The van der Waals surface area contributed by atoms with Crippen molar-refractivity contribution in [2.45, 2.75) is 19.8 Å². The van der Waals surface area contributed by atoms with Crippen molar-refractivity contribution >= 4 is 21.7 Å². The van der Waals surface area contributed by atoms with Gasteiger partial charge < -0.3 is 10.3 Å². The standard InChI is InChI=1S/C12H12BrFN2O/c1-2-4-8-11(17-16-12(8)15)7-5-3-6-9(13)10(7)14/h3,5-6H,2,4H2,1H3,(H2,15,16). The SMILES string of the molecule is CCCc1c(N)noc1-c1cccc(Br)c1F. The van der Waals surface area contributed by atoms with E-state index in [9.17, 15) is 4.39 Å². The maximum Gasteiger partial charge on any atom is 0.175 e. The van der Waals surface area contributed by atoms with Crippen molar-refractivity contribution in [3.05, 3.63) is 34.1 Å². The summed E-state index contributed by atoms with van der Waals surface area (Å²) in [7, 11) is 0. The van der Waals surface area contributed by atoms with Crippen LogP contribution in [0.2, 0.25) is 0 Å². The number of nitrogen functional groups attached to an aromatic ring is 1. The molecule has 3 nitrogen and oxygen atoms in total. The normalized spacial score (nSPS) is 10.8. The Morgan fingerprint density at radius 2 is 2.24 bits per heavy atom. The number of nitrogens with two attached hydrogens (primary N) is 1. The number of rotatable bonds is 3. The molecule has 0 aliphatic heterocycles. The van der Waals surface area contributed by atoms with E-state index in [1.807, 2.05) is 6.92 Å². The van der Waals surface area contributed by atoms with Gasteiger partial charge in [0, 0.05) is 5.56 Å². The summed E-state index contributed by atoms with van der Waals surface area (Å²) in [6, 6.07) is 5.04. The number of aromatic nitrogens is 1. The third-order valence-electron chi connectivity index (χ3n) is 2.51. The van der Waals surface area contributed by atoms with E-state index in [1.54, 1.807) is 18.2 Å². The van der Waals surface area contributed by atoms with E-state index in [-0.39, 0.29) is 5.82 Å². The highest BCUT2D eigenvalue weighted by Crippen LogP contribution is 2.33. The van der Waals surface area contributed by atoms with Gasteiger partial charge in [-0.25, -0.2) is 4.39 Å². The van der Waals surface area contributed by atoms with Crippen molar-refractivity contribution in [2.24, 2.45) is 0 Å². The first-order valence-electron chi connectivity index (χ1n) is 5.33. The van der Waals surface area contributed by atoms with E-state index >= 15 is 0 Å². The number of halogens is 2. The third kappa shape index (κ3) is 2.20. The quantitative estimate of drug-likeness (QED) is 0.938. The maximum atomic E-state index is 13.9. The van der Waals surface area contributed by atoms with Crippen LogP contribution in [0.15, 0.2) is 27.2 Å². The minimum absolute atomic E-state index is 0.334. The van der Waals surface area contributed by atoms with Gasteiger partial charge in [0.1, 0.15) is 5.82 Å². The van der Waals surface area contributed by atoms with E-state index < -0.39 is 0 Å². The molecular weight excluding hydrogens is 287 g/mol. The molecule has 0 atom stereocenters. The fourth-order valence-corrected chi connectivity index (χ4v) is 2.07. The number of nitrogens with zero attached hydrogens (tertiary/aromatic N) is 1. The molecule has 1 aromatic carbocycles.